The van der Waals surface area contributed by atoms with Gasteiger partial charge in [-0.05, 0) is 86.0 Å². The number of hydrogen-bond acceptors (Lipinski definition) is 10. The molecule has 37 heavy (non-hydrogen) atoms. The van der Waals surface area contributed by atoms with E-state index in [0.29, 0.717) is 22.5 Å². The van der Waals surface area contributed by atoms with Gasteiger partial charge >= 0.3 is 0 Å². The summed E-state index contributed by atoms with van der Waals surface area (Å²) in [5.74, 6) is 0.885. The number of amides is 2. The number of thiophene rings is 1. The first-order valence-electron chi connectivity index (χ1n) is 12.0. The minimum atomic E-state index is -0.389. The molecule has 0 unspecified atom stereocenters. The highest BCUT2D eigenvalue weighted by atomic mass is 32.2. The second-order valence-electron chi connectivity index (χ2n) is 8.96. The molecule has 11 heteroatoms. The quantitative estimate of drug-likeness (QED) is 0.325. The lowest BCUT2D eigenvalue weighted by Gasteiger charge is -2.32. The van der Waals surface area contributed by atoms with Gasteiger partial charge in [0.2, 0.25) is 5.95 Å². The summed E-state index contributed by atoms with van der Waals surface area (Å²) in [6.07, 6.45) is 7.18. The van der Waals surface area contributed by atoms with Gasteiger partial charge in [0, 0.05) is 32.0 Å². The number of anilines is 1. The SMILES string of the molecule is CC(=O)c1ccc(-c2cc(CNCC3CCN(c4nccc(/C=C5\SC(=O)NC5=O)n4)CC3)ccn2)s1. The number of nitrogens with zero attached hydrogens (tertiary/aromatic N) is 4. The van der Waals surface area contributed by atoms with Crippen molar-refractivity contribution in [1.29, 1.82) is 0 Å². The Bertz CT molecular complexity index is 1360. The van der Waals surface area contributed by atoms with Gasteiger partial charge in [0.1, 0.15) is 0 Å². The molecule has 0 saturated carbocycles. The largest absolute Gasteiger partial charge is 0.341 e. The Morgan fingerprint density at radius 1 is 1.16 bits per heavy atom. The van der Waals surface area contributed by atoms with Crippen molar-refractivity contribution in [2.45, 2.75) is 26.3 Å². The Morgan fingerprint density at radius 3 is 2.70 bits per heavy atom. The Balaban J connectivity index is 1.11. The standard InChI is InChI=1S/C26H26N6O3S2/c1-16(33)21-2-3-22(36-21)20-12-18(4-8-28-20)15-27-14-17-6-10-32(11-7-17)25-29-9-5-19(30-25)13-23-24(34)31-26(35)37-23/h2-5,8-9,12-13,17,27H,6-7,10-11,14-15H2,1H3,(H,31,34,35)/b23-13-. The Labute approximate surface area is 222 Å². The summed E-state index contributed by atoms with van der Waals surface area (Å²) in [6, 6.07) is 9.64. The highest BCUT2D eigenvalue weighted by Crippen LogP contribution is 2.28. The second kappa shape index (κ2) is 11.3. The van der Waals surface area contributed by atoms with Gasteiger partial charge in [0.15, 0.2) is 5.78 Å². The van der Waals surface area contributed by atoms with Crippen molar-refractivity contribution in [2.24, 2.45) is 5.92 Å². The minimum Gasteiger partial charge on any atom is -0.341 e. The molecule has 2 N–H and O–H groups in total. The summed E-state index contributed by atoms with van der Waals surface area (Å²) < 4.78 is 0. The summed E-state index contributed by atoms with van der Waals surface area (Å²) in [6.45, 7) is 4.98. The first kappa shape index (κ1) is 25.2. The maximum absolute atomic E-state index is 11.8. The minimum absolute atomic E-state index is 0.0756. The fourth-order valence-electron chi connectivity index (χ4n) is 4.29. The highest BCUT2D eigenvalue weighted by Gasteiger charge is 2.25. The van der Waals surface area contributed by atoms with Gasteiger partial charge in [0.25, 0.3) is 11.1 Å². The summed E-state index contributed by atoms with van der Waals surface area (Å²) in [5, 5.41) is 5.47. The van der Waals surface area contributed by atoms with Gasteiger partial charge in [-0.25, -0.2) is 9.97 Å². The maximum atomic E-state index is 11.8. The van der Waals surface area contributed by atoms with E-state index in [9.17, 15) is 14.4 Å². The van der Waals surface area contributed by atoms with Gasteiger partial charge in [-0.15, -0.1) is 11.3 Å². The molecule has 0 aliphatic carbocycles. The van der Waals surface area contributed by atoms with Crippen LogP contribution in [0.5, 0.6) is 0 Å². The Hall–Kier alpha value is -3.41. The average molecular weight is 535 g/mol. The number of piperidine rings is 1. The third-order valence-corrected chi connectivity index (χ3v) is 8.29. The van der Waals surface area contributed by atoms with Crippen LogP contribution in [0.4, 0.5) is 10.7 Å². The molecule has 0 aromatic carbocycles. The van der Waals surface area contributed by atoms with Crippen LogP contribution in [0.2, 0.25) is 0 Å². The van der Waals surface area contributed by atoms with E-state index in [1.54, 1.807) is 25.3 Å². The zero-order chi connectivity index (χ0) is 25.8. The number of carbonyl (C=O) groups excluding carboxylic acids is 3. The van der Waals surface area contributed by atoms with Gasteiger partial charge in [-0.2, -0.15) is 0 Å². The van der Waals surface area contributed by atoms with Crippen molar-refractivity contribution >= 4 is 52.1 Å². The molecule has 0 radical (unpaired) electrons. The third-order valence-electron chi connectivity index (χ3n) is 6.27. The summed E-state index contributed by atoms with van der Waals surface area (Å²) in [4.78, 5) is 52.5. The van der Waals surface area contributed by atoms with Crippen LogP contribution in [0.1, 0.15) is 40.7 Å². The molecule has 0 atom stereocenters. The van der Waals surface area contributed by atoms with E-state index in [2.05, 4.69) is 36.6 Å². The van der Waals surface area contributed by atoms with Crippen LogP contribution in [0.15, 0.2) is 47.6 Å². The zero-order valence-corrected chi connectivity index (χ0v) is 21.9. The van der Waals surface area contributed by atoms with Crippen LogP contribution in [0, 0.1) is 5.92 Å². The van der Waals surface area contributed by atoms with Crippen molar-refractivity contribution in [1.82, 2.24) is 25.6 Å². The van der Waals surface area contributed by atoms with E-state index in [1.807, 2.05) is 24.4 Å². The molecule has 190 valence electrons. The van der Waals surface area contributed by atoms with E-state index in [-0.39, 0.29) is 16.9 Å². The molecule has 2 fully saturated rings. The number of hydrogen-bond donors (Lipinski definition) is 2. The van der Waals surface area contributed by atoms with Crippen LogP contribution >= 0.6 is 23.1 Å². The molecule has 5 rings (SSSR count). The van der Waals surface area contributed by atoms with Gasteiger partial charge < -0.3 is 10.2 Å². The highest BCUT2D eigenvalue weighted by molar-refractivity contribution is 8.18. The predicted octanol–water partition coefficient (Wildman–Crippen LogP) is 4.13. The number of Topliss-reactive ketones (excluding diaryl/α,β-unsaturated/α-hetero) is 1. The van der Waals surface area contributed by atoms with Gasteiger partial charge in [0.05, 0.1) is 26.0 Å². The number of ketones is 1. The first-order chi connectivity index (χ1) is 17.9. The van der Waals surface area contributed by atoms with Gasteiger partial charge in [-0.1, -0.05) is 0 Å². The molecule has 2 aliphatic heterocycles. The smallest absolute Gasteiger partial charge is 0.290 e. The number of pyridine rings is 1. The van der Waals surface area contributed by atoms with E-state index in [0.717, 1.165) is 71.8 Å². The number of imide groups is 1. The Kier molecular flexibility index (Phi) is 7.73. The monoisotopic (exact) mass is 534 g/mol. The van der Waals surface area contributed by atoms with Crippen molar-refractivity contribution in [3.05, 3.63) is 63.8 Å². The van der Waals surface area contributed by atoms with Crippen LogP contribution in [0.25, 0.3) is 16.6 Å². The molecule has 2 saturated heterocycles. The van der Waals surface area contributed by atoms with E-state index < -0.39 is 0 Å². The number of rotatable bonds is 8. The lowest BCUT2D eigenvalue weighted by atomic mass is 9.97. The van der Waals surface area contributed by atoms with Crippen LogP contribution in [-0.2, 0) is 11.3 Å². The van der Waals surface area contributed by atoms with Crippen LogP contribution < -0.4 is 15.5 Å². The van der Waals surface area contributed by atoms with Crippen molar-refractivity contribution in [3.63, 3.8) is 0 Å². The second-order valence-corrected chi connectivity index (χ2v) is 11.1. The average Bonchev–Trinajstić information content (AvgIpc) is 3.51. The van der Waals surface area contributed by atoms with Crippen LogP contribution in [-0.4, -0.2) is 51.5 Å². The fourth-order valence-corrected chi connectivity index (χ4v) is 5.83. The first-order valence-corrected chi connectivity index (χ1v) is 13.7. The normalized spacial score (nSPS) is 17.4. The predicted molar refractivity (Wildman–Crippen MR) is 145 cm³/mol. The summed E-state index contributed by atoms with van der Waals surface area (Å²) in [5.41, 5.74) is 2.66. The lowest BCUT2D eigenvalue weighted by molar-refractivity contribution is -0.115. The molecule has 0 spiro atoms. The molecule has 5 heterocycles. The van der Waals surface area contributed by atoms with E-state index >= 15 is 0 Å². The fraction of sp³-hybridized carbons (Fsp3) is 0.308. The molecule has 9 nitrogen and oxygen atoms in total. The topological polar surface area (TPSA) is 117 Å². The molecule has 3 aromatic heterocycles. The van der Waals surface area contributed by atoms with E-state index in [1.165, 1.54) is 11.3 Å². The number of nitrogens with one attached hydrogen (secondary N) is 2. The van der Waals surface area contributed by atoms with Crippen molar-refractivity contribution in [3.8, 4) is 10.6 Å². The number of aromatic nitrogens is 3. The number of carbonyl (C=O) groups is 3. The summed E-state index contributed by atoms with van der Waals surface area (Å²) in [7, 11) is 0. The maximum Gasteiger partial charge on any atom is 0.290 e. The van der Waals surface area contributed by atoms with Gasteiger partial charge in [-0.3, -0.25) is 24.7 Å². The van der Waals surface area contributed by atoms with Crippen molar-refractivity contribution in [2.75, 3.05) is 24.5 Å². The zero-order valence-electron chi connectivity index (χ0n) is 20.3. The molecule has 2 amide bonds. The molecular formula is C26H26N6O3S2. The Morgan fingerprint density at radius 2 is 1.97 bits per heavy atom. The third kappa shape index (κ3) is 6.30. The van der Waals surface area contributed by atoms with Crippen molar-refractivity contribution < 1.29 is 14.4 Å². The lowest BCUT2D eigenvalue weighted by Crippen LogP contribution is -2.38. The molecule has 2 aliphatic rings. The molecular weight excluding hydrogens is 508 g/mol. The molecule has 0 bridgehead atoms. The molecule has 3 aromatic rings. The summed E-state index contributed by atoms with van der Waals surface area (Å²) >= 11 is 2.36. The van der Waals surface area contributed by atoms with Crippen LogP contribution in [0.3, 0.4) is 0 Å². The van der Waals surface area contributed by atoms with E-state index in [4.69, 9.17) is 0 Å². The number of thioether (sulfide) groups is 1.